The standard InChI is InChI=1S/C42H67N5O9/c1-28(2)24-31(44-39(52)56-40(3,4)5)21-20-30(25-29-16-12-11-13-17-29)36(49)46-23-15-19-34(46)35(48)45-33(37(50)54-10)18-14-22-43-38(51)55-32-26-41(6,7)47(53)42(8,9)27-32/h11-13,16-17,20-21,28,30-34,53H,14-15,18-19,22-27H2,1-10H3,(H,43,51)(H,44,52)(H,45,48)/b21-20+/t30-,31-,33+,34?/m1/s1. The largest absolute Gasteiger partial charge is 0.467 e. The molecule has 14 nitrogen and oxygen atoms in total. The summed E-state index contributed by atoms with van der Waals surface area (Å²) in [6.07, 6.45) is 5.65. The molecule has 0 aromatic heterocycles. The number of alkyl carbamates (subject to hydrolysis) is 2. The number of rotatable bonds is 16. The molecule has 2 heterocycles. The fourth-order valence-corrected chi connectivity index (χ4v) is 7.65. The lowest BCUT2D eigenvalue weighted by atomic mass is 9.80. The minimum Gasteiger partial charge on any atom is -0.467 e. The van der Waals surface area contributed by atoms with Crippen molar-refractivity contribution in [1.82, 2.24) is 25.9 Å². The average Bonchev–Trinajstić information content (AvgIpc) is 3.59. The van der Waals surface area contributed by atoms with Crippen LogP contribution in [-0.4, -0.2) is 106 Å². The van der Waals surface area contributed by atoms with E-state index in [1.54, 1.807) is 25.7 Å². The highest BCUT2D eigenvalue weighted by Gasteiger charge is 2.46. The first-order chi connectivity index (χ1) is 26.1. The number of esters is 1. The van der Waals surface area contributed by atoms with E-state index in [0.29, 0.717) is 51.5 Å². The van der Waals surface area contributed by atoms with Crippen LogP contribution in [-0.2, 0) is 35.0 Å². The molecular weight excluding hydrogens is 718 g/mol. The summed E-state index contributed by atoms with van der Waals surface area (Å²) in [7, 11) is 1.24. The fourth-order valence-electron chi connectivity index (χ4n) is 7.65. The summed E-state index contributed by atoms with van der Waals surface area (Å²) in [5.41, 5.74) is -0.868. The van der Waals surface area contributed by atoms with Gasteiger partial charge < -0.3 is 40.3 Å². The van der Waals surface area contributed by atoms with E-state index < -0.39 is 58.7 Å². The summed E-state index contributed by atoms with van der Waals surface area (Å²) in [6.45, 7) is 17.6. The third-order valence-corrected chi connectivity index (χ3v) is 10.1. The van der Waals surface area contributed by atoms with E-state index in [-0.39, 0.29) is 36.9 Å². The lowest BCUT2D eigenvalue weighted by Gasteiger charge is -2.50. The van der Waals surface area contributed by atoms with Gasteiger partial charge in [-0.15, -0.1) is 0 Å². The number of amides is 4. The maximum Gasteiger partial charge on any atom is 0.408 e. The van der Waals surface area contributed by atoms with Crippen LogP contribution in [0.3, 0.4) is 0 Å². The van der Waals surface area contributed by atoms with Crippen molar-refractivity contribution >= 4 is 30.0 Å². The lowest BCUT2D eigenvalue weighted by Crippen LogP contribution is -2.60. The number of benzene rings is 1. The molecule has 0 radical (unpaired) electrons. The first-order valence-electron chi connectivity index (χ1n) is 20.0. The van der Waals surface area contributed by atoms with Crippen LogP contribution < -0.4 is 16.0 Å². The molecule has 14 heteroatoms. The summed E-state index contributed by atoms with van der Waals surface area (Å²) in [6, 6.07) is 7.45. The van der Waals surface area contributed by atoms with E-state index in [4.69, 9.17) is 14.2 Å². The van der Waals surface area contributed by atoms with Crippen LogP contribution in [0.2, 0.25) is 0 Å². The summed E-state index contributed by atoms with van der Waals surface area (Å²) < 4.78 is 16.2. The minimum atomic E-state index is -0.992. The van der Waals surface area contributed by atoms with Gasteiger partial charge in [0.05, 0.1) is 19.1 Å². The number of nitrogens with zero attached hydrogens (tertiary/aromatic N) is 2. The Labute approximate surface area is 333 Å². The predicted molar refractivity (Wildman–Crippen MR) is 213 cm³/mol. The van der Waals surface area contributed by atoms with Gasteiger partial charge in [0, 0.05) is 37.0 Å². The van der Waals surface area contributed by atoms with Crippen molar-refractivity contribution in [3.05, 3.63) is 48.0 Å². The second kappa shape index (κ2) is 20.3. The van der Waals surface area contributed by atoms with Crippen molar-refractivity contribution in [2.24, 2.45) is 11.8 Å². The normalized spacial score (nSPS) is 20.2. The Hall–Kier alpha value is -4.17. The van der Waals surface area contributed by atoms with Gasteiger partial charge in [-0.3, -0.25) is 9.59 Å². The quantitative estimate of drug-likeness (QED) is 0.0683. The number of piperidine rings is 1. The Kier molecular flexibility index (Phi) is 16.8. The van der Waals surface area contributed by atoms with Crippen molar-refractivity contribution in [3.63, 3.8) is 0 Å². The van der Waals surface area contributed by atoms with E-state index in [0.717, 1.165) is 5.56 Å². The maximum atomic E-state index is 14.3. The number of methoxy groups -OCH3 is 1. The molecule has 56 heavy (non-hydrogen) atoms. The van der Waals surface area contributed by atoms with E-state index in [1.807, 2.05) is 70.2 Å². The van der Waals surface area contributed by atoms with Crippen LogP contribution in [0, 0.1) is 11.8 Å². The molecule has 3 rings (SSSR count). The molecule has 4 atom stereocenters. The van der Waals surface area contributed by atoms with E-state index in [9.17, 15) is 29.2 Å². The van der Waals surface area contributed by atoms with Crippen molar-refractivity contribution in [3.8, 4) is 0 Å². The molecule has 1 unspecified atom stereocenters. The van der Waals surface area contributed by atoms with Crippen molar-refractivity contribution < 1.29 is 43.4 Å². The summed E-state index contributed by atoms with van der Waals surface area (Å²) in [5, 5.41) is 20.3. The smallest absolute Gasteiger partial charge is 0.408 e. The van der Waals surface area contributed by atoms with Crippen molar-refractivity contribution in [2.75, 3.05) is 20.2 Å². The Bertz CT molecular complexity index is 1490. The van der Waals surface area contributed by atoms with Gasteiger partial charge in [0.25, 0.3) is 0 Å². The second-order valence-corrected chi connectivity index (χ2v) is 17.8. The number of hydrogen-bond acceptors (Lipinski definition) is 10. The van der Waals surface area contributed by atoms with Gasteiger partial charge in [-0.05, 0) is 98.5 Å². The van der Waals surface area contributed by atoms with Crippen LogP contribution >= 0.6 is 0 Å². The Morgan fingerprint density at radius 2 is 1.61 bits per heavy atom. The maximum absolute atomic E-state index is 14.3. The first kappa shape index (κ1) is 46.2. The number of hydrogen-bond donors (Lipinski definition) is 4. The van der Waals surface area contributed by atoms with Gasteiger partial charge in [-0.2, -0.15) is 5.06 Å². The number of carbonyl (C=O) groups excluding carboxylic acids is 5. The van der Waals surface area contributed by atoms with Gasteiger partial charge in [-0.1, -0.05) is 56.3 Å². The van der Waals surface area contributed by atoms with Crippen molar-refractivity contribution in [2.45, 2.75) is 155 Å². The van der Waals surface area contributed by atoms with Gasteiger partial charge in [0.2, 0.25) is 11.8 Å². The Morgan fingerprint density at radius 1 is 0.964 bits per heavy atom. The van der Waals surface area contributed by atoms with Crippen LogP contribution in [0.1, 0.15) is 113 Å². The summed E-state index contributed by atoms with van der Waals surface area (Å²) in [5.74, 6) is -1.69. The molecule has 0 aliphatic carbocycles. The van der Waals surface area contributed by atoms with E-state index >= 15 is 0 Å². The zero-order valence-electron chi connectivity index (χ0n) is 35.2. The molecule has 4 amide bonds. The van der Waals surface area contributed by atoms with Crippen LogP contribution in [0.4, 0.5) is 9.59 Å². The van der Waals surface area contributed by atoms with Crippen LogP contribution in [0.15, 0.2) is 42.5 Å². The SMILES string of the molecule is COC(=O)[C@H](CCCNC(=O)OC1CC(C)(C)N(O)C(C)(C)C1)NC(=O)C1CCCN1C(=O)[C@H](/C=C/[C@H](CC(C)C)NC(=O)OC(C)(C)C)Cc1ccccc1. The molecule has 2 saturated heterocycles. The molecule has 1 aromatic carbocycles. The highest BCUT2D eigenvalue weighted by Crippen LogP contribution is 2.38. The van der Waals surface area contributed by atoms with Gasteiger partial charge >= 0.3 is 18.2 Å². The summed E-state index contributed by atoms with van der Waals surface area (Å²) >= 11 is 0. The Balaban J connectivity index is 1.67. The summed E-state index contributed by atoms with van der Waals surface area (Å²) in [4.78, 5) is 67.8. The van der Waals surface area contributed by atoms with Crippen molar-refractivity contribution in [1.29, 1.82) is 0 Å². The zero-order chi connectivity index (χ0) is 41.8. The number of ether oxygens (including phenoxy) is 3. The first-order valence-corrected chi connectivity index (χ1v) is 20.0. The van der Waals surface area contributed by atoms with Gasteiger partial charge in [0.1, 0.15) is 23.8 Å². The second-order valence-electron chi connectivity index (χ2n) is 17.8. The van der Waals surface area contributed by atoms with E-state index in [1.165, 1.54) is 12.2 Å². The minimum absolute atomic E-state index is 0.184. The molecule has 4 N–H and O–H groups in total. The third kappa shape index (κ3) is 14.4. The average molecular weight is 786 g/mol. The number of hydroxylamine groups is 2. The molecule has 2 aliphatic rings. The molecule has 0 saturated carbocycles. The number of carbonyl (C=O) groups is 5. The van der Waals surface area contributed by atoms with Crippen LogP contribution in [0.5, 0.6) is 0 Å². The molecular formula is C42H67N5O9. The predicted octanol–water partition coefficient (Wildman–Crippen LogP) is 5.91. The molecule has 0 spiro atoms. The molecule has 314 valence electrons. The lowest BCUT2D eigenvalue weighted by molar-refractivity contribution is -0.256. The molecule has 1 aromatic rings. The van der Waals surface area contributed by atoms with Gasteiger partial charge in [-0.25, -0.2) is 14.4 Å². The monoisotopic (exact) mass is 785 g/mol. The fraction of sp³-hybridized carbons (Fsp3) is 0.690. The van der Waals surface area contributed by atoms with E-state index in [2.05, 4.69) is 29.8 Å². The molecule has 2 fully saturated rings. The zero-order valence-corrected chi connectivity index (χ0v) is 35.2. The number of nitrogens with one attached hydrogen (secondary N) is 3. The molecule has 2 aliphatic heterocycles. The number of likely N-dealkylation sites (tertiary alicyclic amines) is 1. The third-order valence-electron chi connectivity index (χ3n) is 10.1. The highest BCUT2D eigenvalue weighted by atomic mass is 16.6. The highest BCUT2D eigenvalue weighted by molar-refractivity contribution is 5.92. The Morgan fingerprint density at radius 3 is 2.20 bits per heavy atom. The topological polar surface area (TPSA) is 176 Å². The van der Waals surface area contributed by atoms with Gasteiger partial charge in [0.15, 0.2) is 0 Å². The molecule has 0 bridgehead atoms. The van der Waals surface area contributed by atoms with Crippen LogP contribution in [0.25, 0.3) is 0 Å².